The van der Waals surface area contributed by atoms with Crippen molar-refractivity contribution in [3.05, 3.63) is 132 Å². The van der Waals surface area contributed by atoms with Crippen LogP contribution >= 0.6 is 0 Å². The van der Waals surface area contributed by atoms with Gasteiger partial charge in [-0.25, -0.2) is 0 Å². The summed E-state index contributed by atoms with van der Waals surface area (Å²) in [4.78, 5) is 0. The molecule has 34 heavy (non-hydrogen) atoms. The summed E-state index contributed by atoms with van der Waals surface area (Å²) in [6.45, 7) is 0. The quantitative estimate of drug-likeness (QED) is 0.288. The number of nitriles is 2. The summed E-state index contributed by atoms with van der Waals surface area (Å²) in [5.41, 5.74) is 8.07. The summed E-state index contributed by atoms with van der Waals surface area (Å²) >= 11 is 0. The Bertz CT molecular complexity index is 1400. The largest absolute Gasteiger partial charge is 0.192 e. The maximum Gasteiger partial charge on any atom is 0.101 e. The van der Waals surface area contributed by atoms with Crippen molar-refractivity contribution in [1.29, 1.82) is 10.5 Å². The first-order chi connectivity index (χ1) is 16.8. The van der Waals surface area contributed by atoms with Gasteiger partial charge in [0.25, 0.3) is 0 Å². The second-order valence-electron chi connectivity index (χ2n) is 7.94. The zero-order valence-electron chi connectivity index (χ0n) is 18.4. The van der Waals surface area contributed by atoms with Gasteiger partial charge >= 0.3 is 0 Å². The highest BCUT2D eigenvalue weighted by molar-refractivity contribution is 6.06. The van der Waals surface area contributed by atoms with E-state index in [1.807, 2.05) is 97.1 Å². The molecule has 0 fully saturated rings. The van der Waals surface area contributed by atoms with Crippen molar-refractivity contribution < 1.29 is 0 Å². The van der Waals surface area contributed by atoms with Crippen molar-refractivity contribution >= 4 is 0 Å². The van der Waals surface area contributed by atoms with E-state index in [0.29, 0.717) is 11.1 Å². The van der Waals surface area contributed by atoms with Crippen LogP contribution in [0.25, 0.3) is 44.5 Å². The molecule has 0 bridgehead atoms. The average Bonchev–Trinajstić information content (AvgIpc) is 2.93. The molecule has 0 aromatic heterocycles. The molecule has 0 aliphatic heterocycles. The molecule has 0 unspecified atom stereocenters. The Morgan fingerprint density at radius 1 is 0.324 bits per heavy atom. The molecular weight excluding hydrogens is 412 g/mol. The maximum atomic E-state index is 10.4. The van der Waals surface area contributed by atoms with Crippen molar-refractivity contribution in [1.82, 2.24) is 0 Å². The number of benzene rings is 5. The van der Waals surface area contributed by atoms with Gasteiger partial charge in [0.05, 0.1) is 11.1 Å². The Labute approximate surface area is 199 Å². The highest BCUT2D eigenvalue weighted by Crippen LogP contribution is 2.49. The molecule has 0 aliphatic carbocycles. The van der Waals surface area contributed by atoms with Gasteiger partial charge in [-0.3, -0.25) is 0 Å². The van der Waals surface area contributed by atoms with E-state index in [2.05, 4.69) is 36.4 Å². The molecule has 2 heteroatoms. The third-order valence-corrected chi connectivity index (χ3v) is 5.97. The molecule has 0 aliphatic rings. The predicted octanol–water partition coefficient (Wildman–Crippen LogP) is 8.10. The first kappa shape index (κ1) is 21.0. The molecule has 5 aromatic carbocycles. The average molecular weight is 433 g/mol. The predicted molar refractivity (Wildman–Crippen MR) is 138 cm³/mol. The van der Waals surface area contributed by atoms with Crippen LogP contribution in [0, 0.1) is 22.7 Å². The van der Waals surface area contributed by atoms with Crippen molar-refractivity contribution in [3.63, 3.8) is 0 Å². The van der Waals surface area contributed by atoms with E-state index in [9.17, 15) is 10.5 Å². The zero-order valence-corrected chi connectivity index (χ0v) is 18.4. The Kier molecular flexibility index (Phi) is 5.73. The van der Waals surface area contributed by atoms with E-state index in [-0.39, 0.29) is 0 Å². The van der Waals surface area contributed by atoms with Crippen LogP contribution in [0.5, 0.6) is 0 Å². The third-order valence-electron chi connectivity index (χ3n) is 5.97. The lowest BCUT2D eigenvalue weighted by atomic mass is 9.78. The van der Waals surface area contributed by atoms with Crippen LogP contribution < -0.4 is 0 Å². The first-order valence-electron chi connectivity index (χ1n) is 11.1. The summed E-state index contributed by atoms with van der Waals surface area (Å²) in [7, 11) is 0. The van der Waals surface area contributed by atoms with E-state index in [1.165, 1.54) is 0 Å². The number of rotatable bonds is 4. The molecule has 158 valence electrons. The number of hydrogen-bond acceptors (Lipinski definition) is 2. The summed E-state index contributed by atoms with van der Waals surface area (Å²) in [5.74, 6) is 0. The Balaban J connectivity index is 2.08. The highest BCUT2D eigenvalue weighted by Gasteiger charge is 2.27. The van der Waals surface area contributed by atoms with Crippen molar-refractivity contribution in [2.75, 3.05) is 0 Å². The molecular formula is C32H20N2. The Morgan fingerprint density at radius 3 is 0.794 bits per heavy atom. The molecule has 0 radical (unpaired) electrons. The fraction of sp³-hybridized carbons (Fsp3) is 0. The monoisotopic (exact) mass is 432 g/mol. The Hall–Kier alpha value is -4.92. The lowest BCUT2D eigenvalue weighted by Crippen LogP contribution is -2.02. The van der Waals surface area contributed by atoms with Crippen LogP contribution in [-0.2, 0) is 0 Å². The number of hydrogen-bond donors (Lipinski definition) is 0. The van der Waals surface area contributed by atoms with Gasteiger partial charge in [0.15, 0.2) is 0 Å². The van der Waals surface area contributed by atoms with E-state index in [1.54, 1.807) is 0 Å². The number of nitrogens with zero attached hydrogens (tertiary/aromatic N) is 2. The van der Waals surface area contributed by atoms with Gasteiger partial charge in [-0.05, 0) is 33.4 Å². The lowest BCUT2D eigenvalue weighted by Gasteiger charge is -2.23. The standard InChI is InChI=1S/C32H20N2/c33-21-27-28(22-34)30(24-15-7-2-8-16-24)32(26-19-11-4-12-20-26)31(25-17-9-3-10-18-25)29(27)23-13-5-1-6-14-23/h1-20H. The fourth-order valence-electron chi connectivity index (χ4n) is 4.55. The second kappa shape index (κ2) is 9.29. The molecule has 0 saturated heterocycles. The van der Waals surface area contributed by atoms with Gasteiger partial charge in [-0.2, -0.15) is 10.5 Å². The smallest absolute Gasteiger partial charge is 0.101 e. The molecule has 0 atom stereocenters. The van der Waals surface area contributed by atoms with Crippen molar-refractivity contribution in [3.8, 4) is 56.6 Å². The second-order valence-corrected chi connectivity index (χ2v) is 7.94. The van der Waals surface area contributed by atoms with Crippen molar-refractivity contribution in [2.24, 2.45) is 0 Å². The van der Waals surface area contributed by atoms with Gasteiger partial charge in [0.1, 0.15) is 12.1 Å². The normalized spacial score (nSPS) is 10.3. The van der Waals surface area contributed by atoms with E-state index in [0.717, 1.165) is 44.5 Å². The lowest BCUT2D eigenvalue weighted by molar-refractivity contribution is 1.42. The fourth-order valence-corrected chi connectivity index (χ4v) is 4.55. The minimum absolute atomic E-state index is 0.395. The van der Waals surface area contributed by atoms with E-state index >= 15 is 0 Å². The van der Waals surface area contributed by atoms with Crippen molar-refractivity contribution in [2.45, 2.75) is 0 Å². The van der Waals surface area contributed by atoms with Gasteiger partial charge in [-0.1, -0.05) is 121 Å². The van der Waals surface area contributed by atoms with Crippen LogP contribution in [0.3, 0.4) is 0 Å². The summed E-state index contributed by atoms with van der Waals surface area (Å²) in [6.07, 6.45) is 0. The molecule has 0 heterocycles. The van der Waals surface area contributed by atoms with Crippen LogP contribution in [0.15, 0.2) is 121 Å². The Morgan fingerprint density at radius 2 is 0.559 bits per heavy atom. The molecule has 5 aromatic rings. The summed E-state index contributed by atoms with van der Waals surface area (Å²) in [5, 5.41) is 20.8. The molecule has 0 spiro atoms. The van der Waals surface area contributed by atoms with Crippen LogP contribution in [-0.4, -0.2) is 0 Å². The zero-order chi connectivity index (χ0) is 23.3. The van der Waals surface area contributed by atoms with Gasteiger partial charge < -0.3 is 0 Å². The van der Waals surface area contributed by atoms with E-state index in [4.69, 9.17) is 0 Å². The molecule has 0 amide bonds. The van der Waals surface area contributed by atoms with Crippen LogP contribution in [0.2, 0.25) is 0 Å². The van der Waals surface area contributed by atoms with Crippen LogP contribution in [0.4, 0.5) is 0 Å². The topological polar surface area (TPSA) is 47.6 Å². The van der Waals surface area contributed by atoms with Gasteiger partial charge in [0, 0.05) is 11.1 Å². The highest BCUT2D eigenvalue weighted by atomic mass is 14.3. The molecule has 2 nitrogen and oxygen atoms in total. The molecule has 5 rings (SSSR count). The first-order valence-corrected chi connectivity index (χ1v) is 11.1. The summed E-state index contributed by atoms with van der Waals surface area (Å²) in [6, 6.07) is 44.8. The SMILES string of the molecule is N#Cc1c(C#N)c(-c2ccccc2)c(-c2ccccc2)c(-c2ccccc2)c1-c1ccccc1. The van der Waals surface area contributed by atoms with Gasteiger partial charge in [0.2, 0.25) is 0 Å². The minimum atomic E-state index is 0.395. The van der Waals surface area contributed by atoms with Crippen LogP contribution in [0.1, 0.15) is 11.1 Å². The molecule has 0 N–H and O–H groups in total. The van der Waals surface area contributed by atoms with E-state index < -0.39 is 0 Å². The third kappa shape index (κ3) is 3.65. The maximum absolute atomic E-state index is 10.4. The molecule has 0 saturated carbocycles. The van der Waals surface area contributed by atoms with Gasteiger partial charge in [-0.15, -0.1) is 0 Å². The minimum Gasteiger partial charge on any atom is -0.192 e. The summed E-state index contributed by atoms with van der Waals surface area (Å²) < 4.78 is 0.